The van der Waals surface area contributed by atoms with Crippen LogP contribution in [0.4, 0.5) is 0 Å². The van der Waals surface area contributed by atoms with Crippen LogP contribution in [0, 0.1) is 28.6 Å². The van der Waals surface area contributed by atoms with Gasteiger partial charge in [0.1, 0.15) is 0 Å². The first-order valence-electron chi connectivity index (χ1n) is 11.4. The molecule has 5 heteroatoms. The largest absolute Gasteiger partial charge is 0.431 e. The van der Waals surface area contributed by atoms with Gasteiger partial charge in [-0.2, -0.15) is 0 Å². The first-order chi connectivity index (χ1) is 13.7. The van der Waals surface area contributed by atoms with Gasteiger partial charge in [0.15, 0.2) is 0 Å². The van der Waals surface area contributed by atoms with Crippen molar-refractivity contribution < 1.29 is 19.7 Å². The fourth-order valence-electron chi connectivity index (χ4n) is 8.38. The molecule has 1 aromatic heterocycles. The molecule has 160 valence electrons. The molecule has 0 radical (unpaired) electrons. The van der Waals surface area contributed by atoms with Crippen molar-refractivity contribution in [3.8, 4) is 0 Å². The van der Waals surface area contributed by atoms with E-state index < -0.39 is 17.8 Å². The first-order valence-corrected chi connectivity index (χ1v) is 11.4. The maximum absolute atomic E-state index is 12.2. The Morgan fingerprint density at radius 3 is 2.41 bits per heavy atom. The summed E-state index contributed by atoms with van der Waals surface area (Å²) in [6.07, 6.45) is 7.39. The monoisotopic (exact) mass is 402 g/mol. The fourth-order valence-corrected chi connectivity index (χ4v) is 8.38. The maximum Gasteiger partial charge on any atom is 0.335 e. The van der Waals surface area contributed by atoms with Crippen LogP contribution in [0.25, 0.3) is 0 Å². The minimum absolute atomic E-state index is 0.0176. The molecule has 1 heterocycles. The second-order valence-electron chi connectivity index (χ2n) is 10.9. The molecule has 9 unspecified atom stereocenters. The molecular weight excluding hydrogens is 368 g/mol. The average Bonchev–Trinajstić information content (AvgIpc) is 2.98. The summed E-state index contributed by atoms with van der Waals surface area (Å²) in [5, 5.41) is 33.1. The SMILES string of the molecule is CC12CCC(O)C(O)C1CCC1C2CCC2(C)C(c3ccc(=O)oc3)CCC12O. The van der Waals surface area contributed by atoms with Gasteiger partial charge in [0.05, 0.1) is 24.1 Å². The van der Waals surface area contributed by atoms with E-state index >= 15 is 0 Å². The highest BCUT2D eigenvalue weighted by atomic mass is 16.4. The van der Waals surface area contributed by atoms with Crippen molar-refractivity contribution in [1.29, 1.82) is 0 Å². The molecule has 4 aliphatic rings. The Kier molecular flexibility index (Phi) is 4.37. The van der Waals surface area contributed by atoms with Gasteiger partial charge in [-0.25, -0.2) is 4.79 Å². The summed E-state index contributed by atoms with van der Waals surface area (Å²) < 4.78 is 5.15. The second-order valence-corrected chi connectivity index (χ2v) is 10.9. The van der Waals surface area contributed by atoms with Crippen LogP contribution < -0.4 is 5.63 Å². The Bertz CT molecular complexity index is 829. The maximum atomic E-state index is 12.2. The lowest BCUT2D eigenvalue weighted by atomic mass is 9.43. The predicted molar refractivity (Wildman–Crippen MR) is 108 cm³/mol. The Morgan fingerprint density at radius 1 is 0.931 bits per heavy atom. The fraction of sp³-hybridized carbons (Fsp3) is 0.792. The van der Waals surface area contributed by atoms with Crippen molar-refractivity contribution in [3.63, 3.8) is 0 Å². The van der Waals surface area contributed by atoms with Gasteiger partial charge in [-0.05, 0) is 92.1 Å². The van der Waals surface area contributed by atoms with Crippen LogP contribution in [0.3, 0.4) is 0 Å². The van der Waals surface area contributed by atoms with Gasteiger partial charge in [-0.15, -0.1) is 0 Å². The lowest BCUT2D eigenvalue weighted by Gasteiger charge is -2.64. The van der Waals surface area contributed by atoms with Crippen molar-refractivity contribution >= 4 is 0 Å². The highest BCUT2D eigenvalue weighted by Crippen LogP contribution is 2.70. The number of fused-ring (bicyclic) bond motifs is 5. The second kappa shape index (κ2) is 6.41. The van der Waals surface area contributed by atoms with E-state index in [9.17, 15) is 20.1 Å². The number of aliphatic hydroxyl groups excluding tert-OH is 2. The summed E-state index contributed by atoms with van der Waals surface area (Å²) in [6, 6.07) is 3.36. The molecule has 1 aromatic rings. The van der Waals surface area contributed by atoms with Gasteiger partial charge in [-0.3, -0.25) is 0 Å². The van der Waals surface area contributed by atoms with Crippen molar-refractivity contribution in [2.45, 2.75) is 88.9 Å². The van der Waals surface area contributed by atoms with Crippen LogP contribution in [-0.2, 0) is 0 Å². The molecule has 0 amide bonds. The third-order valence-corrected chi connectivity index (χ3v) is 10.0. The number of aliphatic hydroxyl groups is 3. The zero-order chi connectivity index (χ0) is 20.6. The summed E-state index contributed by atoms with van der Waals surface area (Å²) in [5.74, 6) is 0.933. The highest BCUT2D eigenvalue weighted by molar-refractivity contribution is 5.27. The lowest BCUT2D eigenvalue weighted by molar-refractivity contribution is -0.223. The van der Waals surface area contributed by atoms with Crippen molar-refractivity contribution in [2.75, 3.05) is 0 Å². The summed E-state index contributed by atoms with van der Waals surface area (Å²) in [6.45, 7) is 4.54. The van der Waals surface area contributed by atoms with E-state index in [0.717, 1.165) is 50.5 Å². The molecule has 4 fully saturated rings. The number of rotatable bonds is 1. The molecule has 0 aliphatic heterocycles. The normalized spacial score (nSPS) is 51.8. The Hall–Kier alpha value is -1.17. The van der Waals surface area contributed by atoms with Crippen LogP contribution in [-0.4, -0.2) is 33.1 Å². The summed E-state index contributed by atoms with van der Waals surface area (Å²) in [7, 11) is 0. The van der Waals surface area contributed by atoms with E-state index in [2.05, 4.69) is 13.8 Å². The van der Waals surface area contributed by atoms with Gasteiger partial charge >= 0.3 is 5.63 Å². The van der Waals surface area contributed by atoms with E-state index in [1.54, 1.807) is 6.26 Å². The number of hydrogen-bond donors (Lipinski definition) is 3. The van der Waals surface area contributed by atoms with Crippen molar-refractivity contribution in [2.24, 2.45) is 28.6 Å². The van der Waals surface area contributed by atoms with Gasteiger partial charge in [0.2, 0.25) is 0 Å². The first kappa shape index (κ1) is 19.8. The summed E-state index contributed by atoms with van der Waals surface area (Å²) in [5.41, 5.74) is -0.288. The van der Waals surface area contributed by atoms with Crippen LogP contribution in [0.15, 0.2) is 27.6 Å². The molecule has 4 saturated carbocycles. The van der Waals surface area contributed by atoms with Gasteiger partial charge in [0, 0.05) is 11.5 Å². The van der Waals surface area contributed by atoms with Crippen LogP contribution in [0.5, 0.6) is 0 Å². The van der Waals surface area contributed by atoms with Crippen molar-refractivity contribution in [1.82, 2.24) is 0 Å². The molecular formula is C24H34O5. The van der Waals surface area contributed by atoms with Gasteiger partial charge < -0.3 is 19.7 Å². The Balaban J connectivity index is 1.49. The topological polar surface area (TPSA) is 90.9 Å². The third-order valence-electron chi connectivity index (χ3n) is 10.0. The third kappa shape index (κ3) is 2.53. The standard InChI is InChI=1S/C24H34O5/c1-22-10-9-19(25)21(27)18(22)5-4-17-16(22)7-11-23(2)15(8-12-24(17,23)28)14-3-6-20(26)29-13-14/h3,6,13,15-19,21,25,27-28H,4-5,7-12H2,1-2H3. The van der Waals surface area contributed by atoms with Crippen LogP contribution >= 0.6 is 0 Å². The molecule has 0 bridgehead atoms. The minimum atomic E-state index is -0.730. The Labute approximate surface area is 172 Å². The summed E-state index contributed by atoms with van der Waals surface area (Å²) >= 11 is 0. The molecule has 9 atom stereocenters. The minimum Gasteiger partial charge on any atom is -0.431 e. The van der Waals surface area contributed by atoms with E-state index in [1.807, 2.05) is 6.07 Å². The van der Waals surface area contributed by atoms with Crippen molar-refractivity contribution in [3.05, 3.63) is 34.4 Å². The zero-order valence-electron chi connectivity index (χ0n) is 17.5. The summed E-state index contributed by atoms with van der Waals surface area (Å²) in [4.78, 5) is 11.4. The molecule has 0 spiro atoms. The Morgan fingerprint density at radius 2 is 1.69 bits per heavy atom. The predicted octanol–water partition coefficient (Wildman–Crippen LogP) is 3.21. The van der Waals surface area contributed by atoms with Gasteiger partial charge in [-0.1, -0.05) is 13.8 Å². The number of hydrogen-bond acceptors (Lipinski definition) is 5. The average molecular weight is 403 g/mol. The quantitative estimate of drug-likeness (QED) is 0.671. The highest BCUT2D eigenvalue weighted by Gasteiger charge is 2.68. The molecule has 5 nitrogen and oxygen atoms in total. The van der Waals surface area contributed by atoms with Gasteiger partial charge in [0.25, 0.3) is 0 Å². The smallest absolute Gasteiger partial charge is 0.335 e. The van der Waals surface area contributed by atoms with Crippen LogP contribution in [0.2, 0.25) is 0 Å². The molecule has 4 aliphatic carbocycles. The lowest BCUT2D eigenvalue weighted by Crippen LogP contribution is -2.64. The molecule has 3 N–H and O–H groups in total. The molecule has 5 rings (SSSR count). The van der Waals surface area contributed by atoms with E-state index in [-0.39, 0.29) is 34.2 Å². The van der Waals surface area contributed by atoms with E-state index in [0.29, 0.717) is 12.3 Å². The molecule has 0 aromatic carbocycles. The molecule has 0 saturated heterocycles. The van der Waals surface area contributed by atoms with E-state index in [1.165, 1.54) is 6.07 Å². The zero-order valence-corrected chi connectivity index (χ0v) is 17.5. The van der Waals surface area contributed by atoms with Crippen LogP contribution in [0.1, 0.15) is 76.7 Å². The molecule has 29 heavy (non-hydrogen) atoms. The van der Waals surface area contributed by atoms with E-state index in [4.69, 9.17) is 4.42 Å².